The topological polar surface area (TPSA) is 47.4 Å². The molecule has 0 aliphatic heterocycles. The standard InChI is InChI=1S/C17H23N3O2/c1-13-15(12-20(3)18-13)8-9-17(21)19(2)11-14-6-5-7-16(10-14)22-4/h5-7,10,12H,8-9,11H2,1-4H3. The first kappa shape index (κ1) is 16.1. The Morgan fingerprint density at radius 1 is 1.41 bits per heavy atom. The first-order valence-electron chi connectivity index (χ1n) is 7.35. The number of ether oxygens (including phenoxy) is 1. The van der Waals surface area contributed by atoms with Gasteiger partial charge >= 0.3 is 0 Å². The van der Waals surface area contributed by atoms with E-state index in [1.54, 1.807) is 16.7 Å². The molecule has 0 bridgehead atoms. The predicted octanol–water partition coefficient (Wildman–Crippen LogP) is 2.33. The average Bonchev–Trinajstić information content (AvgIpc) is 2.82. The van der Waals surface area contributed by atoms with E-state index in [1.165, 1.54) is 0 Å². The Morgan fingerprint density at radius 3 is 2.82 bits per heavy atom. The molecule has 2 aromatic rings. The number of benzene rings is 1. The zero-order valence-electron chi connectivity index (χ0n) is 13.7. The van der Waals surface area contributed by atoms with Gasteiger partial charge in [-0.05, 0) is 36.6 Å². The zero-order chi connectivity index (χ0) is 16.1. The fourth-order valence-corrected chi connectivity index (χ4v) is 2.46. The van der Waals surface area contributed by atoms with Crippen molar-refractivity contribution in [3.8, 4) is 5.75 Å². The monoisotopic (exact) mass is 301 g/mol. The Balaban J connectivity index is 1.90. The number of hydrogen-bond acceptors (Lipinski definition) is 3. The van der Waals surface area contributed by atoms with Crippen molar-refractivity contribution < 1.29 is 9.53 Å². The highest BCUT2D eigenvalue weighted by Gasteiger charge is 2.12. The van der Waals surface area contributed by atoms with E-state index >= 15 is 0 Å². The molecule has 2 rings (SSSR count). The van der Waals surface area contributed by atoms with Crippen molar-refractivity contribution in [3.05, 3.63) is 47.3 Å². The number of carbonyl (C=O) groups excluding carboxylic acids is 1. The second kappa shape index (κ2) is 7.11. The van der Waals surface area contributed by atoms with Crippen LogP contribution in [0.5, 0.6) is 5.75 Å². The van der Waals surface area contributed by atoms with Crippen LogP contribution in [0.15, 0.2) is 30.5 Å². The lowest BCUT2D eigenvalue weighted by molar-refractivity contribution is -0.130. The van der Waals surface area contributed by atoms with Crippen LogP contribution in [-0.4, -0.2) is 34.7 Å². The average molecular weight is 301 g/mol. The number of aryl methyl sites for hydroxylation is 3. The molecule has 0 N–H and O–H groups in total. The molecule has 0 unspecified atom stereocenters. The van der Waals surface area contributed by atoms with Crippen LogP contribution in [0, 0.1) is 6.92 Å². The first-order valence-corrected chi connectivity index (χ1v) is 7.35. The number of nitrogens with zero attached hydrogens (tertiary/aromatic N) is 3. The Bertz CT molecular complexity index is 649. The molecule has 5 nitrogen and oxygen atoms in total. The molecule has 1 heterocycles. The quantitative estimate of drug-likeness (QED) is 0.822. The maximum absolute atomic E-state index is 12.3. The Kier molecular flexibility index (Phi) is 5.20. The fourth-order valence-electron chi connectivity index (χ4n) is 2.46. The van der Waals surface area contributed by atoms with Crippen molar-refractivity contribution in [2.24, 2.45) is 7.05 Å². The van der Waals surface area contributed by atoms with E-state index in [0.29, 0.717) is 13.0 Å². The Hall–Kier alpha value is -2.30. The van der Waals surface area contributed by atoms with Gasteiger partial charge < -0.3 is 9.64 Å². The summed E-state index contributed by atoms with van der Waals surface area (Å²) in [5.74, 6) is 0.940. The minimum absolute atomic E-state index is 0.131. The van der Waals surface area contributed by atoms with Crippen molar-refractivity contribution in [3.63, 3.8) is 0 Å². The van der Waals surface area contributed by atoms with Crippen LogP contribution < -0.4 is 4.74 Å². The largest absolute Gasteiger partial charge is 0.497 e. The molecule has 1 amide bonds. The van der Waals surface area contributed by atoms with Crippen molar-refractivity contribution >= 4 is 5.91 Å². The van der Waals surface area contributed by atoms with Crippen LogP contribution in [0.4, 0.5) is 0 Å². The summed E-state index contributed by atoms with van der Waals surface area (Å²) in [6.07, 6.45) is 3.19. The lowest BCUT2D eigenvalue weighted by Gasteiger charge is -2.17. The Labute approximate surface area is 131 Å². The third kappa shape index (κ3) is 4.10. The highest BCUT2D eigenvalue weighted by Crippen LogP contribution is 2.15. The van der Waals surface area contributed by atoms with Crippen LogP contribution in [0.25, 0.3) is 0 Å². The van der Waals surface area contributed by atoms with Gasteiger partial charge in [-0.2, -0.15) is 5.10 Å². The summed E-state index contributed by atoms with van der Waals surface area (Å²) < 4.78 is 6.99. The van der Waals surface area contributed by atoms with Gasteiger partial charge in [0.05, 0.1) is 12.8 Å². The second-order valence-electron chi connectivity index (χ2n) is 5.51. The van der Waals surface area contributed by atoms with E-state index in [-0.39, 0.29) is 5.91 Å². The van der Waals surface area contributed by atoms with Gasteiger partial charge in [0.2, 0.25) is 5.91 Å². The second-order valence-corrected chi connectivity index (χ2v) is 5.51. The minimum atomic E-state index is 0.131. The van der Waals surface area contributed by atoms with Gasteiger partial charge in [-0.15, -0.1) is 0 Å². The number of methoxy groups -OCH3 is 1. The Morgan fingerprint density at radius 2 is 2.18 bits per heavy atom. The number of rotatable bonds is 6. The summed E-state index contributed by atoms with van der Waals surface area (Å²) in [4.78, 5) is 14.0. The SMILES string of the molecule is COc1cccc(CN(C)C(=O)CCc2cn(C)nc2C)c1. The first-order chi connectivity index (χ1) is 10.5. The molecule has 1 aromatic heterocycles. The minimum Gasteiger partial charge on any atom is -0.497 e. The molecule has 5 heteroatoms. The van der Waals surface area contributed by atoms with Crippen molar-refractivity contribution in [1.29, 1.82) is 0 Å². The van der Waals surface area contributed by atoms with E-state index in [2.05, 4.69) is 5.10 Å². The highest BCUT2D eigenvalue weighted by molar-refractivity contribution is 5.76. The zero-order valence-corrected chi connectivity index (χ0v) is 13.7. The van der Waals surface area contributed by atoms with Gasteiger partial charge in [0.1, 0.15) is 5.75 Å². The molecule has 0 aliphatic rings. The van der Waals surface area contributed by atoms with E-state index in [4.69, 9.17) is 4.74 Å². The molecular formula is C17H23N3O2. The third-order valence-electron chi connectivity index (χ3n) is 3.70. The number of carbonyl (C=O) groups is 1. The molecular weight excluding hydrogens is 278 g/mol. The molecule has 0 aliphatic carbocycles. The summed E-state index contributed by atoms with van der Waals surface area (Å²) in [6, 6.07) is 7.79. The molecule has 0 fully saturated rings. The van der Waals surface area contributed by atoms with E-state index in [0.717, 1.165) is 29.0 Å². The molecule has 1 aromatic carbocycles. The van der Waals surface area contributed by atoms with Crippen molar-refractivity contribution in [2.75, 3.05) is 14.2 Å². The lowest BCUT2D eigenvalue weighted by Crippen LogP contribution is -2.26. The molecule has 0 spiro atoms. The van der Waals surface area contributed by atoms with Gasteiger partial charge in [0.15, 0.2) is 0 Å². The molecule has 0 saturated carbocycles. The predicted molar refractivity (Wildman–Crippen MR) is 85.7 cm³/mol. The van der Waals surface area contributed by atoms with Crippen LogP contribution in [0.1, 0.15) is 23.2 Å². The molecule has 22 heavy (non-hydrogen) atoms. The van der Waals surface area contributed by atoms with Gasteiger partial charge in [-0.25, -0.2) is 0 Å². The number of aromatic nitrogens is 2. The van der Waals surface area contributed by atoms with Crippen LogP contribution in [0.2, 0.25) is 0 Å². The van der Waals surface area contributed by atoms with Crippen molar-refractivity contribution in [1.82, 2.24) is 14.7 Å². The maximum Gasteiger partial charge on any atom is 0.222 e. The highest BCUT2D eigenvalue weighted by atomic mass is 16.5. The normalized spacial score (nSPS) is 10.5. The van der Waals surface area contributed by atoms with Gasteiger partial charge in [-0.3, -0.25) is 9.48 Å². The maximum atomic E-state index is 12.3. The number of hydrogen-bond donors (Lipinski definition) is 0. The van der Waals surface area contributed by atoms with Crippen LogP contribution >= 0.6 is 0 Å². The summed E-state index contributed by atoms with van der Waals surface area (Å²) in [7, 11) is 5.37. The summed E-state index contributed by atoms with van der Waals surface area (Å²) >= 11 is 0. The summed E-state index contributed by atoms with van der Waals surface area (Å²) in [6.45, 7) is 2.56. The van der Waals surface area contributed by atoms with E-state index in [1.807, 2.05) is 51.5 Å². The van der Waals surface area contributed by atoms with Crippen LogP contribution in [-0.2, 0) is 24.8 Å². The van der Waals surface area contributed by atoms with Gasteiger partial charge in [-0.1, -0.05) is 12.1 Å². The van der Waals surface area contributed by atoms with E-state index in [9.17, 15) is 4.79 Å². The number of amides is 1. The van der Waals surface area contributed by atoms with Crippen molar-refractivity contribution in [2.45, 2.75) is 26.3 Å². The smallest absolute Gasteiger partial charge is 0.222 e. The lowest BCUT2D eigenvalue weighted by atomic mass is 10.1. The summed E-state index contributed by atoms with van der Waals surface area (Å²) in [5.41, 5.74) is 3.18. The molecule has 0 saturated heterocycles. The van der Waals surface area contributed by atoms with Crippen LogP contribution in [0.3, 0.4) is 0 Å². The molecule has 118 valence electrons. The third-order valence-corrected chi connectivity index (χ3v) is 3.70. The van der Waals surface area contributed by atoms with E-state index < -0.39 is 0 Å². The van der Waals surface area contributed by atoms with Gasteiger partial charge in [0.25, 0.3) is 0 Å². The summed E-state index contributed by atoms with van der Waals surface area (Å²) in [5, 5.41) is 4.30. The molecule has 0 radical (unpaired) electrons. The fraction of sp³-hybridized carbons (Fsp3) is 0.412. The molecule has 0 atom stereocenters. The van der Waals surface area contributed by atoms with Gasteiger partial charge in [0, 0.05) is 33.3 Å².